The molecule has 0 N–H and O–H groups in total. The average molecular weight is 808 g/mol. The van der Waals surface area contributed by atoms with Gasteiger partial charge in [-0.3, -0.25) is 0 Å². The van der Waals surface area contributed by atoms with Gasteiger partial charge in [0.05, 0.1) is 5.56 Å². The molecular formula is C58H37N3O2. The van der Waals surface area contributed by atoms with E-state index in [1.54, 1.807) is 0 Å². The zero-order valence-electron chi connectivity index (χ0n) is 34.1. The third kappa shape index (κ3) is 5.88. The second-order valence-corrected chi connectivity index (χ2v) is 16.6. The van der Waals surface area contributed by atoms with E-state index >= 15 is 0 Å². The molecule has 296 valence electrons. The van der Waals surface area contributed by atoms with Gasteiger partial charge in [0.2, 0.25) is 0 Å². The minimum Gasteiger partial charge on any atom is -0.456 e. The number of hydrogen-bond acceptors (Lipinski definition) is 5. The molecule has 1 unspecified atom stereocenters. The van der Waals surface area contributed by atoms with Gasteiger partial charge in [-0.2, -0.15) is 0 Å². The maximum Gasteiger partial charge on any atom is 0.167 e. The lowest BCUT2D eigenvalue weighted by molar-refractivity contribution is 0.665. The van der Waals surface area contributed by atoms with E-state index in [0.29, 0.717) is 17.5 Å². The standard InChI is InChI=1S/C58H37N3O2/c1-2-14-35(15-3-1)36-18-12-19-40(31-36)56-59-57(47-25-13-24-46-44-22-8-11-27-53(44)63-55(46)47)61-58(60-56)51-33-50-45-23-9-10-26-52(45)62-54(50)34-49(51)43-29-28-39-30-37-16-4-5-17-38(37)32-48(39)42-21-7-6-20-41(42)43/h1-27,30-34,43H,28-29H2. The summed E-state index contributed by atoms with van der Waals surface area (Å²) >= 11 is 0. The van der Waals surface area contributed by atoms with E-state index in [9.17, 15) is 0 Å². The number of fused-ring (bicyclic) bond motifs is 10. The molecule has 0 spiro atoms. The summed E-state index contributed by atoms with van der Waals surface area (Å²) in [4.78, 5) is 16.2. The lowest BCUT2D eigenvalue weighted by Gasteiger charge is -2.22. The van der Waals surface area contributed by atoms with Crippen molar-refractivity contribution in [2.24, 2.45) is 0 Å². The SMILES string of the molecule is c1ccc(-c2cccc(-c3nc(-c4cc5c(cc4C4CCc6cc7ccccc7cc6-c6ccccc64)oc4ccccc45)nc(-c4cccc5c4oc4ccccc45)n3)c2)cc1. The molecule has 0 amide bonds. The molecule has 5 heteroatoms. The summed E-state index contributed by atoms with van der Waals surface area (Å²) in [5, 5.41) is 6.66. The molecule has 0 saturated carbocycles. The maximum atomic E-state index is 6.66. The number of benzene rings is 9. The second kappa shape index (κ2) is 14.2. The summed E-state index contributed by atoms with van der Waals surface area (Å²) < 4.78 is 13.3. The molecule has 1 aliphatic rings. The third-order valence-corrected chi connectivity index (χ3v) is 13.0. The van der Waals surface area contributed by atoms with Gasteiger partial charge in [-0.05, 0) is 105 Å². The molecule has 0 saturated heterocycles. The molecule has 1 aliphatic carbocycles. The molecule has 3 heterocycles. The van der Waals surface area contributed by atoms with Crippen LogP contribution in [-0.4, -0.2) is 15.0 Å². The van der Waals surface area contributed by atoms with Crippen molar-refractivity contribution < 1.29 is 8.83 Å². The van der Waals surface area contributed by atoms with Crippen molar-refractivity contribution >= 4 is 54.6 Å². The van der Waals surface area contributed by atoms with Gasteiger partial charge in [-0.15, -0.1) is 0 Å². The van der Waals surface area contributed by atoms with E-state index in [0.717, 1.165) is 90.1 Å². The second-order valence-electron chi connectivity index (χ2n) is 16.6. The van der Waals surface area contributed by atoms with Crippen LogP contribution in [0.15, 0.2) is 203 Å². The zero-order chi connectivity index (χ0) is 41.4. The first-order valence-electron chi connectivity index (χ1n) is 21.6. The highest BCUT2D eigenvalue weighted by Gasteiger charge is 2.29. The molecule has 1 atom stereocenters. The molecule has 0 aliphatic heterocycles. The van der Waals surface area contributed by atoms with Crippen molar-refractivity contribution in [1.29, 1.82) is 0 Å². The molecule has 63 heavy (non-hydrogen) atoms. The van der Waals surface area contributed by atoms with Gasteiger partial charge < -0.3 is 8.83 Å². The number of rotatable bonds is 5. The Kier molecular flexibility index (Phi) is 8.03. The van der Waals surface area contributed by atoms with E-state index in [1.807, 2.05) is 36.4 Å². The molecule has 0 fully saturated rings. The first kappa shape index (κ1) is 35.6. The van der Waals surface area contributed by atoms with Crippen LogP contribution in [0.3, 0.4) is 0 Å². The van der Waals surface area contributed by atoms with Crippen molar-refractivity contribution in [1.82, 2.24) is 15.0 Å². The van der Waals surface area contributed by atoms with Gasteiger partial charge in [0.25, 0.3) is 0 Å². The summed E-state index contributed by atoms with van der Waals surface area (Å²) in [5.41, 5.74) is 14.4. The van der Waals surface area contributed by atoms with Crippen molar-refractivity contribution in [3.63, 3.8) is 0 Å². The Morgan fingerprint density at radius 2 is 0.984 bits per heavy atom. The third-order valence-electron chi connectivity index (χ3n) is 13.0. The van der Waals surface area contributed by atoms with Crippen LogP contribution in [0.25, 0.3) is 111 Å². The molecule has 0 radical (unpaired) electrons. The topological polar surface area (TPSA) is 65.0 Å². The Morgan fingerprint density at radius 1 is 0.365 bits per heavy atom. The number of aryl methyl sites for hydroxylation is 1. The van der Waals surface area contributed by atoms with Crippen LogP contribution in [0.2, 0.25) is 0 Å². The lowest BCUT2D eigenvalue weighted by Crippen LogP contribution is -2.07. The van der Waals surface area contributed by atoms with Crippen molar-refractivity contribution in [2.45, 2.75) is 18.8 Å². The Bertz CT molecular complexity index is 3770. The predicted octanol–water partition coefficient (Wildman–Crippen LogP) is 15.2. The van der Waals surface area contributed by atoms with Crippen LogP contribution in [-0.2, 0) is 6.42 Å². The van der Waals surface area contributed by atoms with Gasteiger partial charge in [0, 0.05) is 38.6 Å². The molecule has 3 aromatic heterocycles. The normalized spacial score (nSPS) is 13.7. The number of aromatic nitrogens is 3. The van der Waals surface area contributed by atoms with Gasteiger partial charge in [0.1, 0.15) is 22.3 Å². The minimum absolute atomic E-state index is 0.00760. The number of hydrogen-bond donors (Lipinski definition) is 0. The van der Waals surface area contributed by atoms with E-state index in [1.165, 1.54) is 33.0 Å². The average Bonchev–Trinajstić information content (AvgIpc) is 3.87. The molecular weight excluding hydrogens is 771 g/mol. The molecule has 5 nitrogen and oxygen atoms in total. The summed E-state index contributed by atoms with van der Waals surface area (Å²) in [7, 11) is 0. The summed E-state index contributed by atoms with van der Waals surface area (Å²) in [5.74, 6) is 1.74. The Hall–Kier alpha value is -8.15. The lowest BCUT2D eigenvalue weighted by atomic mass is 9.82. The van der Waals surface area contributed by atoms with Crippen LogP contribution < -0.4 is 0 Å². The maximum absolute atomic E-state index is 6.66. The first-order chi connectivity index (χ1) is 31.2. The summed E-state index contributed by atoms with van der Waals surface area (Å²) in [6.07, 6.45) is 1.80. The van der Waals surface area contributed by atoms with E-state index < -0.39 is 0 Å². The fraction of sp³-hybridized carbons (Fsp3) is 0.0517. The van der Waals surface area contributed by atoms with Crippen molar-refractivity contribution in [2.75, 3.05) is 0 Å². The quantitative estimate of drug-likeness (QED) is 0.173. The summed E-state index contributed by atoms with van der Waals surface area (Å²) in [6, 6.07) is 68.5. The van der Waals surface area contributed by atoms with Gasteiger partial charge in [-0.25, -0.2) is 15.0 Å². The smallest absolute Gasteiger partial charge is 0.167 e. The van der Waals surface area contributed by atoms with Crippen LogP contribution in [0.1, 0.15) is 29.0 Å². The van der Waals surface area contributed by atoms with Crippen molar-refractivity contribution in [3.8, 4) is 56.4 Å². The zero-order valence-corrected chi connectivity index (χ0v) is 34.1. The molecule has 12 aromatic rings. The minimum atomic E-state index is 0.00760. The number of furan rings is 2. The number of para-hydroxylation sites is 3. The number of nitrogens with zero attached hydrogens (tertiary/aromatic N) is 3. The first-order valence-corrected chi connectivity index (χ1v) is 21.6. The Labute approximate surface area is 363 Å². The predicted molar refractivity (Wildman–Crippen MR) is 256 cm³/mol. The fourth-order valence-electron chi connectivity index (χ4n) is 9.98. The highest BCUT2D eigenvalue weighted by atomic mass is 16.3. The molecule has 9 aromatic carbocycles. The van der Waals surface area contributed by atoms with E-state index in [4.69, 9.17) is 23.8 Å². The molecule has 0 bridgehead atoms. The monoisotopic (exact) mass is 807 g/mol. The van der Waals surface area contributed by atoms with Crippen LogP contribution >= 0.6 is 0 Å². The van der Waals surface area contributed by atoms with Gasteiger partial charge >= 0.3 is 0 Å². The van der Waals surface area contributed by atoms with Crippen LogP contribution in [0.4, 0.5) is 0 Å². The Morgan fingerprint density at radius 3 is 1.84 bits per heavy atom. The highest BCUT2D eigenvalue weighted by molar-refractivity contribution is 6.09. The summed E-state index contributed by atoms with van der Waals surface area (Å²) in [6.45, 7) is 0. The largest absolute Gasteiger partial charge is 0.456 e. The highest BCUT2D eigenvalue weighted by Crippen LogP contribution is 2.47. The Balaban J connectivity index is 1.08. The van der Waals surface area contributed by atoms with Gasteiger partial charge in [-0.1, -0.05) is 152 Å². The van der Waals surface area contributed by atoms with Gasteiger partial charge in [0.15, 0.2) is 17.5 Å². The van der Waals surface area contributed by atoms with Crippen molar-refractivity contribution in [3.05, 3.63) is 211 Å². The molecule has 13 rings (SSSR count). The van der Waals surface area contributed by atoms with Crippen LogP contribution in [0.5, 0.6) is 0 Å². The van der Waals surface area contributed by atoms with Crippen LogP contribution in [0, 0.1) is 0 Å². The van der Waals surface area contributed by atoms with E-state index in [2.05, 4.69) is 158 Å². The fourth-order valence-corrected chi connectivity index (χ4v) is 9.98. The van der Waals surface area contributed by atoms with E-state index in [-0.39, 0.29) is 5.92 Å².